The Balaban J connectivity index is 1.81. The molecule has 1 saturated carbocycles. The highest BCUT2D eigenvalue weighted by molar-refractivity contribution is 8.10. The number of fused-ring (bicyclic) bond motifs is 1. The Morgan fingerprint density at radius 3 is 1.47 bits per heavy atom. The zero-order valence-corrected chi connectivity index (χ0v) is 22.1. The molecule has 0 saturated heterocycles. The Labute approximate surface area is 212 Å². The summed E-state index contributed by atoms with van der Waals surface area (Å²) in [7, 11) is -13.2. The van der Waals surface area contributed by atoms with Crippen molar-refractivity contribution in [3.8, 4) is 0 Å². The molecule has 0 aliphatic heterocycles. The van der Waals surface area contributed by atoms with E-state index in [4.69, 9.17) is 0 Å². The number of benzene rings is 3. The van der Waals surface area contributed by atoms with E-state index in [1.165, 1.54) is 60.7 Å². The zero-order valence-electron chi connectivity index (χ0n) is 19.6. The molecule has 3 aromatic carbocycles. The lowest BCUT2D eigenvalue weighted by Crippen LogP contribution is -2.54. The van der Waals surface area contributed by atoms with Gasteiger partial charge in [0.1, 0.15) is 0 Å². The van der Waals surface area contributed by atoms with Crippen molar-refractivity contribution in [1.82, 2.24) is 0 Å². The van der Waals surface area contributed by atoms with Crippen molar-refractivity contribution in [2.45, 2.75) is 45.0 Å². The first-order valence-electron chi connectivity index (χ1n) is 11.6. The third kappa shape index (κ3) is 3.59. The van der Waals surface area contributed by atoms with Crippen LogP contribution in [-0.4, -0.2) is 29.3 Å². The van der Waals surface area contributed by atoms with E-state index in [1.807, 2.05) is 6.92 Å². The van der Waals surface area contributed by atoms with E-state index in [-0.39, 0.29) is 31.9 Å². The van der Waals surface area contributed by atoms with E-state index in [1.54, 1.807) is 30.3 Å². The van der Waals surface area contributed by atoms with Crippen LogP contribution in [0.4, 0.5) is 0 Å². The van der Waals surface area contributed by atoms with Crippen molar-refractivity contribution in [2.75, 3.05) is 0 Å². The van der Waals surface area contributed by atoms with Crippen molar-refractivity contribution in [1.29, 1.82) is 0 Å². The van der Waals surface area contributed by atoms with Gasteiger partial charge in [-0.3, -0.25) is 0 Å². The van der Waals surface area contributed by atoms with Crippen molar-refractivity contribution in [3.63, 3.8) is 0 Å². The summed E-state index contributed by atoms with van der Waals surface area (Å²) in [5.41, 5.74) is 0.647. The molecule has 0 aromatic heterocycles. The Morgan fingerprint density at radius 1 is 0.639 bits per heavy atom. The highest BCUT2D eigenvalue weighted by atomic mass is 32.3. The van der Waals surface area contributed by atoms with Crippen molar-refractivity contribution in [3.05, 3.63) is 101 Å². The summed E-state index contributed by atoms with van der Waals surface area (Å²) in [6.07, 6.45) is -0.318. The van der Waals surface area contributed by atoms with Gasteiger partial charge in [0.05, 0.1) is 19.6 Å². The Kier molecular flexibility index (Phi) is 6.01. The van der Waals surface area contributed by atoms with Gasteiger partial charge in [0.2, 0.25) is 9.84 Å². The number of allylic oxidation sites excluding steroid dienone is 2. The summed E-state index contributed by atoms with van der Waals surface area (Å²) in [6.45, 7) is 1.90. The first-order valence-corrected chi connectivity index (χ1v) is 16.1. The van der Waals surface area contributed by atoms with Crippen molar-refractivity contribution >= 4 is 29.5 Å². The van der Waals surface area contributed by atoms with Gasteiger partial charge < -0.3 is 0 Å². The molecule has 2 aliphatic rings. The molecule has 0 amide bonds. The minimum absolute atomic E-state index is 0.0239. The first-order chi connectivity index (χ1) is 17.0. The maximum Gasteiger partial charge on any atom is 0.202 e. The fourth-order valence-corrected chi connectivity index (χ4v) is 12.5. The van der Waals surface area contributed by atoms with Gasteiger partial charge in [0.25, 0.3) is 0 Å². The largest absolute Gasteiger partial charge is 0.222 e. The van der Waals surface area contributed by atoms with Crippen molar-refractivity contribution in [2.24, 2.45) is 11.8 Å². The molecule has 2 atom stereocenters. The average molecular weight is 543 g/mol. The van der Waals surface area contributed by atoms with E-state index in [0.717, 1.165) is 0 Å². The lowest BCUT2D eigenvalue weighted by Gasteiger charge is -2.49. The summed E-state index contributed by atoms with van der Waals surface area (Å²) in [4.78, 5) is -0.342. The quantitative estimate of drug-likeness (QED) is 0.443. The van der Waals surface area contributed by atoms with Gasteiger partial charge in [-0.2, -0.15) is 0 Å². The zero-order chi connectivity index (χ0) is 25.8. The summed E-state index contributed by atoms with van der Waals surface area (Å²) >= 11 is 0. The van der Waals surface area contributed by atoms with E-state index in [0.29, 0.717) is 12.0 Å². The normalized spacial score (nSPS) is 21.9. The molecule has 0 unspecified atom stereocenters. The summed E-state index contributed by atoms with van der Waals surface area (Å²) < 4.78 is 82.6. The molecule has 188 valence electrons. The van der Waals surface area contributed by atoms with Crippen LogP contribution < -0.4 is 0 Å². The van der Waals surface area contributed by atoms with Gasteiger partial charge >= 0.3 is 0 Å². The molecule has 5 rings (SSSR count). The Hall–Kier alpha value is -2.75. The van der Waals surface area contributed by atoms with Crippen LogP contribution in [0.1, 0.15) is 26.2 Å². The predicted octanol–water partition coefficient (Wildman–Crippen LogP) is 4.81. The molecule has 2 aliphatic carbocycles. The van der Waals surface area contributed by atoms with Gasteiger partial charge in [-0.1, -0.05) is 67.1 Å². The monoisotopic (exact) mass is 542 g/mol. The highest BCUT2D eigenvalue weighted by Crippen LogP contribution is 2.58. The molecule has 0 bridgehead atoms. The van der Waals surface area contributed by atoms with Crippen LogP contribution in [-0.2, 0) is 29.5 Å². The number of rotatable bonds is 6. The van der Waals surface area contributed by atoms with Crippen LogP contribution in [0, 0.1) is 11.8 Å². The maximum atomic E-state index is 14.3. The highest BCUT2D eigenvalue weighted by Gasteiger charge is 2.63. The molecular formula is C27H26O6S3. The summed E-state index contributed by atoms with van der Waals surface area (Å²) in [5.74, 6) is -0.512. The molecule has 0 heterocycles. The fraction of sp³-hybridized carbons (Fsp3) is 0.259. The van der Waals surface area contributed by atoms with E-state index >= 15 is 0 Å². The van der Waals surface area contributed by atoms with Crippen LogP contribution in [0.5, 0.6) is 0 Å². The number of hydrogen-bond acceptors (Lipinski definition) is 6. The van der Waals surface area contributed by atoms with Crippen LogP contribution >= 0.6 is 0 Å². The molecule has 1 fully saturated rings. The number of hydrogen-bond donors (Lipinski definition) is 0. The Bertz CT molecular complexity index is 1570. The molecule has 9 heteroatoms. The molecule has 36 heavy (non-hydrogen) atoms. The van der Waals surface area contributed by atoms with Gasteiger partial charge in [0, 0.05) is 6.42 Å². The molecule has 0 spiro atoms. The van der Waals surface area contributed by atoms with Crippen molar-refractivity contribution < 1.29 is 25.3 Å². The SMILES string of the molecule is C[C@H]1CC2=C(S(=O)(=O)c3ccccc3)CC(S(=O)(=O)c3ccccc3)(S(=O)(=O)c3ccccc3)C[C@@H]21. The fourth-order valence-electron chi connectivity index (χ4n) is 5.43. The average Bonchev–Trinajstić information content (AvgIpc) is 2.89. The number of sulfone groups is 3. The second-order valence-corrected chi connectivity index (χ2v) is 16.2. The second-order valence-electron chi connectivity index (χ2n) is 9.48. The summed E-state index contributed by atoms with van der Waals surface area (Å²) in [5, 5.41) is 0. The van der Waals surface area contributed by atoms with Gasteiger partial charge in [-0.25, -0.2) is 25.3 Å². The van der Waals surface area contributed by atoms with Gasteiger partial charge in [-0.05, 0) is 61.1 Å². The summed E-state index contributed by atoms with van der Waals surface area (Å²) in [6, 6.07) is 22.7. The molecule has 0 radical (unpaired) electrons. The van der Waals surface area contributed by atoms with E-state index < -0.39 is 45.9 Å². The standard InChI is InChI=1S/C27H26O6S3/c1-20-17-24-25(20)18-27(35(30,31)22-13-7-3-8-14-22,36(32,33)23-15-9-4-10-16-23)19-26(24)34(28,29)21-11-5-2-6-12-21/h2-16,20,25H,17-19H2,1H3/t20-,25+/m0/s1. The first kappa shape index (κ1) is 24.9. The van der Waals surface area contributed by atoms with Gasteiger partial charge in [-0.15, -0.1) is 0 Å². The Morgan fingerprint density at radius 2 is 1.06 bits per heavy atom. The minimum atomic E-state index is -4.54. The van der Waals surface area contributed by atoms with Crippen LogP contribution in [0.3, 0.4) is 0 Å². The smallest absolute Gasteiger partial charge is 0.202 e. The predicted molar refractivity (Wildman–Crippen MR) is 137 cm³/mol. The maximum absolute atomic E-state index is 14.3. The third-order valence-corrected chi connectivity index (χ3v) is 15.1. The van der Waals surface area contributed by atoms with Crippen LogP contribution in [0.15, 0.2) is 116 Å². The van der Waals surface area contributed by atoms with Gasteiger partial charge in [0.15, 0.2) is 23.8 Å². The van der Waals surface area contributed by atoms with E-state index in [2.05, 4.69) is 0 Å². The third-order valence-electron chi connectivity index (χ3n) is 7.46. The van der Waals surface area contributed by atoms with Crippen LogP contribution in [0.25, 0.3) is 0 Å². The lowest BCUT2D eigenvalue weighted by atomic mass is 9.65. The molecule has 0 N–H and O–H groups in total. The second kappa shape index (κ2) is 8.68. The molecule has 3 aromatic rings. The van der Waals surface area contributed by atoms with E-state index in [9.17, 15) is 25.3 Å². The molecular weight excluding hydrogens is 516 g/mol. The lowest BCUT2D eigenvalue weighted by molar-refractivity contribution is 0.252. The topological polar surface area (TPSA) is 102 Å². The molecule has 6 nitrogen and oxygen atoms in total. The van der Waals surface area contributed by atoms with Crippen LogP contribution in [0.2, 0.25) is 0 Å². The minimum Gasteiger partial charge on any atom is -0.222 e.